The molecule has 1 fully saturated rings. The maximum atomic E-state index is 9.21. The molecule has 0 saturated carbocycles. The fraction of sp³-hybridized carbons (Fsp3) is 0.500. The van der Waals surface area contributed by atoms with Crippen LogP contribution in [-0.2, 0) is 4.74 Å². The lowest BCUT2D eigenvalue weighted by Crippen LogP contribution is -2.50. The summed E-state index contributed by atoms with van der Waals surface area (Å²) in [5.41, 5.74) is 6.84. The van der Waals surface area contributed by atoms with Crippen molar-refractivity contribution in [2.24, 2.45) is 10.9 Å². The Morgan fingerprint density at radius 2 is 2.47 bits per heavy atom. The SMILES string of the molecule is CC1COC(CO)CN1c1cccnc1/C(N)=N/O. The van der Waals surface area contributed by atoms with Gasteiger partial charge in [0.1, 0.15) is 5.69 Å². The van der Waals surface area contributed by atoms with Gasteiger partial charge in [0.2, 0.25) is 0 Å². The molecule has 7 heteroatoms. The Balaban J connectivity index is 2.34. The van der Waals surface area contributed by atoms with Crippen molar-refractivity contribution < 1.29 is 15.1 Å². The molecule has 0 amide bonds. The second-order valence-electron chi connectivity index (χ2n) is 4.50. The topological polar surface area (TPSA) is 104 Å². The zero-order valence-corrected chi connectivity index (χ0v) is 10.7. The minimum absolute atomic E-state index is 0.0326. The van der Waals surface area contributed by atoms with Crippen LogP contribution in [0.5, 0.6) is 0 Å². The van der Waals surface area contributed by atoms with E-state index >= 15 is 0 Å². The molecule has 2 rings (SSSR count). The van der Waals surface area contributed by atoms with Crippen LogP contribution in [0.1, 0.15) is 12.6 Å². The summed E-state index contributed by atoms with van der Waals surface area (Å²) in [5, 5.41) is 21.0. The summed E-state index contributed by atoms with van der Waals surface area (Å²) in [6.07, 6.45) is 1.35. The predicted octanol–water partition coefficient (Wildman–Crippen LogP) is -0.238. The number of morpholine rings is 1. The molecule has 0 aliphatic carbocycles. The summed E-state index contributed by atoms with van der Waals surface area (Å²) in [5.74, 6) is -0.0326. The normalized spacial score (nSPS) is 24.5. The van der Waals surface area contributed by atoms with E-state index in [1.165, 1.54) is 0 Å². The van der Waals surface area contributed by atoms with E-state index < -0.39 is 0 Å². The van der Waals surface area contributed by atoms with Gasteiger partial charge in [-0.2, -0.15) is 0 Å². The molecule has 104 valence electrons. The van der Waals surface area contributed by atoms with Crippen LogP contribution in [0.15, 0.2) is 23.5 Å². The second-order valence-corrected chi connectivity index (χ2v) is 4.50. The molecule has 1 aliphatic heterocycles. The van der Waals surface area contributed by atoms with Crippen molar-refractivity contribution >= 4 is 11.5 Å². The van der Waals surface area contributed by atoms with Gasteiger partial charge in [-0.05, 0) is 19.1 Å². The molecule has 19 heavy (non-hydrogen) atoms. The van der Waals surface area contributed by atoms with Crippen LogP contribution in [0.2, 0.25) is 0 Å². The molecule has 7 nitrogen and oxygen atoms in total. The minimum Gasteiger partial charge on any atom is -0.409 e. The molecule has 2 heterocycles. The van der Waals surface area contributed by atoms with Crippen molar-refractivity contribution in [3.63, 3.8) is 0 Å². The lowest BCUT2D eigenvalue weighted by Gasteiger charge is -2.39. The summed E-state index contributed by atoms with van der Waals surface area (Å²) in [7, 11) is 0. The molecule has 0 radical (unpaired) electrons. The lowest BCUT2D eigenvalue weighted by atomic mass is 10.1. The number of ether oxygens (including phenoxy) is 1. The van der Waals surface area contributed by atoms with Crippen LogP contribution in [0.4, 0.5) is 5.69 Å². The number of nitrogens with two attached hydrogens (primary N) is 1. The van der Waals surface area contributed by atoms with Crippen molar-refractivity contribution in [1.82, 2.24) is 4.98 Å². The highest BCUT2D eigenvalue weighted by Crippen LogP contribution is 2.24. The lowest BCUT2D eigenvalue weighted by molar-refractivity contribution is -0.0103. The highest BCUT2D eigenvalue weighted by Gasteiger charge is 2.28. The Kier molecular flexibility index (Phi) is 4.18. The molecule has 1 saturated heterocycles. The number of aliphatic hydroxyl groups is 1. The van der Waals surface area contributed by atoms with Crippen LogP contribution in [-0.4, -0.2) is 53.0 Å². The highest BCUT2D eigenvalue weighted by molar-refractivity contribution is 6.00. The Hall–Kier alpha value is -1.86. The quantitative estimate of drug-likeness (QED) is 0.302. The van der Waals surface area contributed by atoms with E-state index in [4.69, 9.17) is 15.7 Å². The van der Waals surface area contributed by atoms with Crippen molar-refractivity contribution in [1.29, 1.82) is 0 Å². The molecule has 0 aromatic carbocycles. The maximum Gasteiger partial charge on any atom is 0.190 e. The number of oxime groups is 1. The molecule has 2 unspecified atom stereocenters. The fourth-order valence-electron chi connectivity index (χ4n) is 2.14. The third-order valence-electron chi connectivity index (χ3n) is 3.16. The Bertz CT molecular complexity index is 466. The van der Waals surface area contributed by atoms with E-state index in [-0.39, 0.29) is 24.6 Å². The number of anilines is 1. The summed E-state index contributed by atoms with van der Waals surface area (Å²) in [6, 6.07) is 3.77. The van der Waals surface area contributed by atoms with Gasteiger partial charge >= 0.3 is 0 Å². The molecule has 0 spiro atoms. The molecular weight excluding hydrogens is 248 g/mol. The first-order valence-electron chi connectivity index (χ1n) is 6.09. The van der Waals surface area contributed by atoms with E-state index in [2.05, 4.69) is 10.1 Å². The van der Waals surface area contributed by atoms with Gasteiger partial charge in [-0.1, -0.05) is 5.16 Å². The summed E-state index contributed by atoms with van der Waals surface area (Å²) in [6.45, 7) is 3.02. The van der Waals surface area contributed by atoms with Crippen molar-refractivity contribution in [3.8, 4) is 0 Å². The van der Waals surface area contributed by atoms with Crippen LogP contribution in [0, 0.1) is 0 Å². The van der Waals surface area contributed by atoms with Gasteiger partial charge in [-0.15, -0.1) is 0 Å². The number of hydrogen-bond donors (Lipinski definition) is 3. The molecule has 1 aromatic rings. The average molecular weight is 266 g/mol. The highest BCUT2D eigenvalue weighted by atomic mass is 16.5. The molecule has 2 atom stereocenters. The summed E-state index contributed by atoms with van der Waals surface area (Å²) < 4.78 is 5.49. The van der Waals surface area contributed by atoms with Gasteiger partial charge in [-0.3, -0.25) is 4.98 Å². The third-order valence-corrected chi connectivity index (χ3v) is 3.16. The monoisotopic (exact) mass is 266 g/mol. The number of hydrogen-bond acceptors (Lipinski definition) is 6. The van der Waals surface area contributed by atoms with Gasteiger partial charge in [-0.25, -0.2) is 0 Å². The van der Waals surface area contributed by atoms with Crippen molar-refractivity contribution in [3.05, 3.63) is 24.0 Å². The zero-order valence-electron chi connectivity index (χ0n) is 10.7. The van der Waals surface area contributed by atoms with Gasteiger partial charge in [0.05, 0.1) is 25.0 Å². The zero-order chi connectivity index (χ0) is 13.8. The van der Waals surface area contributed by atoms with E-state index in [1.807, 2.05) is 17.9 Å². The van der Waals surface area contributed by atoms with E-state index in [0.717, 1.165) is 5.69 Å². The van der Waals surface area contributed by atoms with Crippen molar-refractivity contribution in [2.45, 2.75) is 19.1 Å². The molecule has 1 aromatic heterocycles. The van der Waals surface area contributed by atoms with Crippen LogP contribution < -0.4 is 10.6 Å². The summed E-state index contributed by atoms with van der Waals surface area (Å²) >= 11 is 0. The van der Waals surface area contributed by atoms with E-state index in [9.17, 15) is 5.11 Å². The number of aromatic nitrogens is 1. The van der Waals surface area contributed by atoms with E-state index in [0.29, 0.717) is 18.8 Å². The smallest absolute Gasteiger partial charge is 0.190 e. The largest absolute Gasteiger partial charge is 0.409 e. The number of nitrogens with zero attached hydrogens (tertiary/aromatic N) is 3. The van der Waals surface area contributed by atoms with Crippen LogP contribution >= 0.6 is 0 Å². The Morgan fingerprint density at radius 1 is 1.68 bits per heavy atom. The molecular formula is C12H18N4O3. The predicted molar refractivity (Wildman–Crippen MR) is 70.4 cm³/mol. The van der Waals surface area contributed by atoms with Gasteiger partial charge in [0.25, 0.3) is 0 Å². The first-order valence-corrected chi connectivity index (χ1v) is 6.09. The van der Waals surface area contributed by atoms with Crippen LogP contribution in [0.25, 0.3) is 0 Å². The Labute approximate surface area is 111 Å². The number of amidine groups is 1. The molecule has 4 N–H and O–H groups in total. The average Bonchev–Trinajstić information content (AvgIpc) is 2.47. The minimum atomic E-state index is -0.239. The van der Waals surface area contributed by atoms with Crippen LogP contribution in [0.3, 0.4) is 0 Å². The van der Waals surface area contributed by atoms with E-state index in [1.54, 1.807) is 12.3 Å². The van der Waals surface area contributed by atoms with Gasteiger partial charge in [0.15, 0.2) is 5.84 Å². The standard InChI is InChI=1S/C12H18N4O3/c1-8-7-19-9(6-17)5-16(8)10-3-2-4-14-11(10)12(13)15-18/h2-4,8-9,17-18H,5-7H2,1H3,(H2,13,15). The first kappa shape index (κ1) is 13.6. The maximum absolute atomic E-state index is 9.21. The first-order chi connectivity index (χ1) is 9.17. The van der Waals surface area contributed by atoms with Gasteiger partial charge < -0.3 is 25.7 Å². The Morgan fingerprint density at radius 3 is 3.16 bits per heavy atom. The number of rotatable bonds is 3. The number of pyridine rings is 1. The third kappa shape index (κ3) is 2.77. The van der Waals surface area contributed by atoms with Crippen molar-refractivity contribution in [2.75, 3.05) is 24.7 Å². The molecule has 0 bridgehead atoms. The second kappa shape index (κ2) is 5.85. The number of aliphatic hydroxyl groups excluding tert-OH is 1. The molecule has 1 aliphatic rings. The summed E-state index contributed by atoms with van der Waals surface area (Å²) in [4.78, 5) is 6.20. The van der Waals surface area contributed by atoms with Gasteiger partial charge in [0, 0.05) is 18.8 Å². The fourth-order valence-corrected chi connectivity index (χ4v) is 2.14.